The molecule has 2 aliphatic heterocycles. The van der Waals surface area contributed by atoms with Crippen LogP contribution in [0.2, 0.25) is 0 Å². The van der Waals surface area contributed by atoms with Gasteiger partial charge in [0, 0.05) is 23.3 Å². The number of carboxylic acid groups (broad SMARTS) is 1. The molecule has 3 fully saturated rings. The van der Waals surface area contributed by atoms with Gasteiger partial charge in [0.2, 0.25) is 27.7 Å². The lowest BCUT2D eigenvalue weighted by Crippen LogP contribution is -2.59. The average Bonchev–Trinajstić information content (AvgIpc) is 4.08. The zero-order valence-electron chi connectivity index (χ0n) is 35.2. The van der Waals surface area contributed by atoms with Crippen molar-refractivity contribution < 1.29 is 51.3 Å². The van der Waals surface area contributed by atoms with E-state index in [1.165, 1.54) is 24.1 Å². The van der Waals surface area contributed by atoms with Crippen molar-refractivity contribution in [1.82, 2.24) is 25.2 Å². The first-order chi connectivity index (χ1) is 28.8. The summed E-state index contributed by atoms with van der Waals surface area (Å²) in [5.74, 6) is -2.95. The third-order valence-electron chi connectivity index (χ3n) is 12.4. The van der Waals surface area contributed by atoms with Crippen molar-refractivity contribution >= 4 is 44.6 Å². The highest BCUT2D eigenvalue weighted by Crippen LogP contribution is 2.48. The van der Waals surface area contributed by atoms with E-state index in [9.17, 15) is 32.7 Å². The van der Waals surface area contributed by atoms with Gasteiger partial charge >= 0.3 is 6.09 Å². The Morgan fingerprint density at radius 3 is 2.51 bits per heavy atom. The van der Waals surface area contributed by atoms with Crippen LogP contribution in [0.3, 0.4) is 0 Å². The molecule has 3 heterocycles. The first-order valence-corrected chi connectivity index (χ1v) is 22.3. The smallest absolute Gasteiger partial charge is 0.405 e. The lowest BCUT2D eigenvalue weighted by Gasteiger charge is -2.32. The lowest BCUT2D eigenvalue weighted by atomic mass is 9.88. The first-order valence-electron chi connectivity index (χ1n) is 20.8. The number of allylic oxidation sites excluding steroid dienone is 1. The van der Waals surface area contributed by atoms with E-state index in [0.29, 0.717) is 59.9 Å². The number of amides is 4. The third-order valence-corrected chi connectivity index (χ3v) is 14.6. The zero-order valence-corrected chi connectivity index (χ0v) is 36.0. The predicted octanol–water partition coefficient (Wildman–Crippen LogP) is 5.71. The molecule has 0 unspecified atom stereocenters. The Labute approximate surface area is 354 Å². The highest BCUT2D eigenvalue weighted by molar-refractivity contribution is 7.91. The van der Waals surface area contributed by atoms with E-state index in [1.807, 2.05) is 19.1 Å². The molecule has 328 valence electrons. The van der Waals surface area contributed by atoms with Crippen molar-refractivity contribution in [1.29, 1.82) is 0 Å². The number of halogens is 1. The van der Waals surface area contributed by atoms with Gasteiger partial charge in [-0.2, -0.15) is 0 Å². The van der Waals surface area contributed by atoms with Gasteiger partial charge in [-0.1, -0.05) is 26.0 Å². The number of hydrogen-bond acceptors (Lipinski definition) is 10. The molecule has 0 radical (unpaired) electrons. The number of methoxy groups -OCH3 is 1. The molecule has 2 aromatic carbocycles. The van der Waals surface area contributed by atoms with Crippen molar-refractivity contribution in [2.45, 2.75) is 114 Å². The van der Waals surface area contributed by atoms with Crippen molar-refractivity contribution in [3.63, 3.8) is 0 Å². The van der Waals surface area contributed by atoms with Gasteiger partial charge in [-0.05, 0) is 119 Å². The molecule has 15 nitrogen and oxygen atoms in total. The minimum absolute atomic E-state index is 0.0789. The topological polar surface area (TPSA) is 203 Å². The highest BCUT2D eigenvalue weighted by atomic mass is 32.2. The minimum atomic E-state index is -4.05. The van der Waals surface area contributed by atoms with Crippen LogP contribution in [0.1, 0.15) is 79.6 Å². The van der Waals surface area contributed by atoms with Gasteiger partial charge in [-0.25, -0.2) is 22.6 Å². The van der Waals surface area contributed by atoms with Gasteiger partial charge in [0.15, 0.2) is 11.6 Å². The van der Waals surface area contributed by atoms with Crippen LogP contribution in [0.4, 0.5) is 9.18 Å². The van der Waals surface area contributed by atoms with E-state index < -0.39 is 80.0 Å². The molecule has 1 aromatic heterocycles. The summed E-state index contributed by atoms with van der Waals surface area (Å²) in [4.78, 5) is 61.4. The van der Waals surface area contributed by atoms with Crippen molar-refractivity contribution in [3.8, 4) is 28.6 Å². The summed E-state index contributed by atoms with van der Waals surface area (Å²) in [5, 5.41) is 16.4. The number of ether oxygens (including phenoxy) is 3. The summed E-state index contributed by atoms with van der Waals surface area (Å²) in [7, 11) is -2.53. The summed E-state index contributed by atoms with van der Waals surface area (Å²) < 4.78 is 60.6. The molecule has 3 aromatic rings. The Morgan fingerprint density at radius 2 is 1.84 bits per heavy atom. The molecular weight excluding hydrogens is 810 g/mol. The van der Waals surface area contributed by atoms with Gasteiger partial charge in [-0.15, -0.1) is 0 Å². The number of aromatic nitrogens is 1. The molecule has 7 atom stereocenters. The van der Waals surface area contributed by atoms with E-state index in [4.69, 9.17) is 19.2 Å². The number of pyridine rings is 1. The maximum absolute atomic E-state index is 15.3. The van der Waals surface area contributed by atoms with E-state index in [1.54, 1.807) is 58.0 Å². The fraction of sp³-hybridized carbons (Fsp3) is 0.523. The molecule has 4 aliphatic rings. The monoisotopic (exact) mass is 863 g/mol. The second-order valence-corrected chi connectivity index (χ2v) is 19.8. The van der Waals surface area contributed by atoms with Crippen LogP contribution >= 0.6 is 0 Å². The largest absolute Gasteiger partial charge is 0.497 e. The van der Waals surface area contributed by atoms with Crippen LogP contribution in [0.15, 0.2) is 54.6 Å². The molecule has 2 saturated carbocycles. The van der Waals surface area contributed by atoms with Crippen molar-refractivity contribution in [3.05, 3.63) is 60.4 Å². The zero-order chi connectivity index (χ0) is 44.0. The normalized spacial score (nSPS) is 27.5. The van der Waals surface area contributed by atoms with E-state index >= 15 is 4.39 Å². The summed E-state index contributed by atoms with van der Waals surface area (Å²) in [6.07, 6.45) is 3.89. The van der Waals surface area contributed by atoms with Crippen molar-refractivity contribution in [2.24, 2.45) is 17.8 Å². The third kappa shape index (κ3) is 9.12. The maximum atomic E-state index is 15.3. The number of sulfonamides is 1. The molecule has 0 spiro atoms. The molecule has 0 bridgehead atoms. The van der Waals surface area contributed by atoms with Gasteiger partial charge in [0.1, 0.15) is 29.5 Å². The molecule has 61 heavy (non-hydrogen) atoms. The Morgan fingerprint density at radius 1 is 1.08 bits per heavy atom. The number of nitrogens with one attached hydrogen (secondary N) is 3. The van der Waals surface area contributed by atoms with Crippen LogP contribution < -0.4 is 29.6 Å². The summed E-state index contributed by atoms with van der Waals surface area (Å²) in [6.45, 7) is 8.79. The fourth-order valence-corrected chi connectivity index (χ4v) is 9.78. The number of rotatable bonds is 10. The molecule has 2 aliphatic carbocycles. The van der Waals surface area contributed by atoms with E-state index in [2.05, 4.69) is 15.4 Å². The standard InChI is InChI=1S/C44H54FN5O10S/c1-24(2)59-36-14-11-27(19-33(36)45)34-20-28-18-30(58-6)12-13-32(28)39(46-34)60-31-21-35-38(51)48-44(41(53)49-61(56,57)43(5)15-16-43)22-29(44)10-8-7-9-25(3)17-26(4)37(47-42(54)55)40(52)50(35)23-31/h8,10-14,18-20,24-26,29,31,35,37,47H,7,9,15-17,21-23H2,1-6H3,(H,48,51)(H,49,53)(H,54,55)/t25-,26-,29-,31-,35+,37+,44-/m1/s1. The average molecular weight is 864 g/mol. The Balaban J connectivity index is 1.25. The number of fused-ring (bicyclic) bond motifs is 3. The van der Waals surface area contributed by atoms with Crippen LogP contribution in [0, 0.1) is 23.6 Å². The van der Waals surface area contributed by atoms with Crippen LogP contribution in [0.5, 0.6) is 17.4 Å². The first kappa shape index (κ1) is 43.6. The predicted molar refractivity (Wildman–Crippen MR) is 224 cm³/mol. The van der Waals surface area contributed by atoms with E-state index in [0.717, 1.165) is 0 Å². The number of benzene rings is 2. The molecule has 4 N–H and O–H groups in total. The van der Waals surface area contributed by atoms with Gasteiger partial charge in [0.05, 0.1) is 30.2 Å². The fourth-order valence-electron chi connectivity index (χ4n) is 8.47. The van der Waals surface area contributed by atoms with Crippen LogP contribution in [0.25, 0.3) is 22.0 Å². The minimum Gasteiger partial charge on any atom is -0.497 e. The summed E-state index contributed by atoms with van der Waals surface area (Å²) in [6, 6.07) is 9.04. The highest BCUT2D eigenvalue weighted by Gasteiger charge is 2.63. The molecule has 1 saturated heterocycles. The Bertz CT molecular complexity index is 2370. The maximum Gasteiger partial charge on any atom is 0.405 e. The second kappa shape index (κ2) is 16.8. The van der Waals surface area contributed by atoms with E-state index in [-0.39, 0.29) is 43.0 Å². The number of nitrogens with zero attached hydrogens (tertiary/aromatic N) is 2. The number of carbonyl (C=O) groups excluding carboxylic acids is 3. The molecule has 4 amide bonds. The SMILES string of the molecule is COc1ccc2c(O[C@@H]3C[C@H]4C(=O)N[C@]5(C(=O)NS(=O)(=O)C6(C)CC6)C[C@H]5C=CCC[C@@H](C)C[C@@H](C)[C@H](NC(=O)O)C(=O)N4C3)nc(-c3ccc(OC(C)C)c(F)c3)cc2c1. The van der Waals surface area contributed by atoms with Crippen LogP contribution in [-0.4, -0.2) is 95.5 Å². The van der Waals surface area contributed by atoms with Gasteiger partial charge < -0.3 is 34.9 Å². The van der Waals surface area contributed by atoms with Gasteiger partial charge in [0.25, 0.3) is 5.91 Å². The summed E-state index contributed by atoms with van der Waals surface area (Å²) in [5.41, 5.74) is -0.818. The lowest BCUT2D eigenvalue weighted by molar-refractivity contribution is -0.142. The molecule has 7 rings (SSSR count). The van der Waals surface area contributed by atoms with Gasteiger partial charge in [-0.3, -0.25) is 19.1 Å². The Hall–Kier alpha value is -5.45. The number of carbonyl (C=O) groups is 4. The molecule has 17 heteroatoms. The number of hydrogen-bond donors (Lipinski definition) is 4. The Kier molecular flexibility index (Phi) is 12.0. The van der Waals surface area contributed by atoms with Crippen LogP contribution in [-0.2, 0) is 24.4 Å². The second-order valence-electron chi connectivity index (χ2n) is 17.6. The quantitative estimate of drug-likeness (QED) is 0.182. The molecular formula is C44H54FN5O10S. The summed E-state index contributed by atoms with van der Waals surface area (Å²) >= 11 is 0. The van der Waals surface area contributed by atoms with Crippen molar-refractivity contribution in [2.75, 3.05) is 13.7 Å².